The second-order valence-electron chi connectivity index (χ2n) is 7.22. The smallest absolute Gasteiger partial charge is 0.138 e. The summed E-state index contributed by atoms with van der Waals surface area (Å²) < 4.78 is 2.11. The molecule has 1 aliphatic heterocycles. The van der Waals surface area contributed by atoms with E-state index in [2.05, 4.69) is 57.5 Å². The molecule has 4 heterocycles. The van der Waals surface area contributed by atoms with Gasteiger partial charge in [0.25, 0.3) is 0 Å². The zero-order valence-corrected chi connectivity index (χ0v) is 15.4. The molecule has 0 bridgehead atoms. The summed E-state index contributed by atoms with van der Waals surface area (Å²) in [4.78, 5) is 16.3. The standard InChI is InChI=1S/C21H25N5/c1-16(2)21-23-11-13-26(21)20-9-3-7-18(24-20)19-8-5-12-25(19)15-17-6-4-10-22-14-17/h3-4,6-7,9-11,13-14,16,19H,5,8,12,15H2,1-2H3. The van der Waals surface area contributed by atoms with Crippen LogP contribution in [0.15, 0.2) is 55.1 Å². The lowest BCUT2D eigenvalue weighted by Crippen LogP contribution is -2.23. The molecule has 0 saturated carbocycles. The molecule has 1 fully saturated rings. The van der Waals surface area contributed by atoms with Crippen molar-refractivity contribution in [3.05, 3.63) is 72.2 Å². The highest BCUT2D eigenvalue weighted by molar-refractivity contribution is 5.29. The van der Waals surface area contributed by atoms with Crippen molar-refractivity contribution in [2.75, 3.05) is 6.54 Å². The number of nitrogens with zero attached hydrogens (tertiary/aromatic N) is 5. The van der Waals surface area contributed by atoms with Gasteiger partial charge in [0.15, 0.2) is 0 Å². The molecule has 4 rings (SSSR count). The van der Waals surface area contributed by atoms with Crippen molar-refractivity contribution in [1.82, 2.24) is 24.4 Å². The van der Waals surface area contributed by atoms with E-state index in [-0.39, 0.29) is 0 Å². The Morgan fingerprint density at radius 1 is 1.15 bits per heavy atom. The van der Waals surface area contributed by atoms with Crippen molar-refractivity contribution < 1.29 is 0 Å². The molecule has 5 heteroatoms. The Morgan fingerprint density at radius 2 is 2.08 bits per heavy atom. The summed E-state index contributed by atoms with van der Waals surface area (Å²) in [5.74, 6) is 2.37. The first-order chi connectivity index (χ1) is 12.7. The normalized spacial score (nSPS) is 17.9. The van der Waals surface area contributed by atoms with Gasteiger partial charge < -0.3 is 0 Å². The fourth-order valence-corrected chi connectivity index (χ4v) is 3.77. The average molecular weight is 347 g/mol. The van der Waals surface area contributed by atoms with Crippen molar-refractivity contribution in [3.8, 4) is 5.82 Å². The first-order valence-corrected chi connectivity index (χ1v) is 9.36. The van der Waals surface area contributed by atoms with Gasteiger partial charge in [0.1, 0.15) is 11.6 Å². The molecule has 134 valence electrons. The fourth-order valence-electron chi connectivity index (χ4n) is 3.77. The van der Waals surface area contributed by atoms with E-state index >= 15 is 0 Å². The lowest BCUT2D eigenvalue weighted by Gasteiger charge is -2.24. The van der Waals surface area contributed by atoms with Gasteiger partial charge in [0.05, 0.1) is 11.7 Å². The SMILES string of the molecule is CC(C)c1nccn1-c1cccc(C2CCCN2Cc2cccnc2)n1. The molecule has 3 aromatic heterocycles. The lowest BCUT2D eigenvalue weighted by atomic mass is 10.1. The van der Waals surface area contributed by atoms with Gasteiger partial charge in [-0.05, 0) is 43.1 Å². The fraction of sp³-hybridized carbons (Fsp3) is 0.381. The average Bonchev–Trinajstić information content (AvgIpc) is 3.32. The van der Waals surface area contributed by atoms with Gasteiger partial charge in [0.2, 0.25) is 0 Å². The van der Waals surface area contributed by atoms with Gasteiger partial charge in [-0.15, -0.1) is 0 Å². The van der Waals surface area contributed by atoms with Gasteiger partial charge in [-0.25, -0.2) is 9.97 Å². The number of hydrogen-bond acceptors (Lipinski definition) is 4. The summed E-state index contributed by atoms with van der Waals surface area (Å²) in [6.45, 7) is 6.35. The molecule has 0 aromatic carbocycles. The molecular formula is C21H25N5. The third kappa shape index (κ3) is 3.40. The summed E-state index contributed by atoms with van der Waals surface area (Å²) in [6, 6.07) is 10.8. The number of pyridine rings is 2. The number of likely N-dealkylation sites (tertiary alicyclic amines) is 1. The second-order valence-corrected chi connectivity index (χ2v) is 7.22. The van der Waals surface area contributed by atoms with Crippen molar-refractivity contribution >= 4 is 0 Å². The largest absolute Gasteiger partial charge is 0.290 e. The number of rotatable bonds is 5. The molecule has 0 N–H and O–H groups in total. The van der Waals surface area contributed by atoms with Crippen LogP contribution >= 0.6 is 0 Å². The van der Waals surface area contributed by atoms with E-state index in [9.17, 15) is 0 Å². The molecule has 0 radical (unpaired) electrons. The Balaban J connectivity index is 1.60. The quantitative estimate of drug-likeness (QED) is 0.696. The van der Waals surface area contributed by atoms with Crippen LogP contribution in [0.25, 0.3) is 5.82 Å². The topological polar surface area (TPSA) is 46.8 Å². The lowest BCUT2D eigenvalue weighted by molar-refractivity contribution is 0.244. The van der Waals surface area contributed by atoms with Crippen LogP contribution in [-0.2, 0) is 6.54 Å². The van der Waals surface area contributed by atoms with Gasteiger partial charge in [0, 0.05) is 37.3 Å². The van der Waals surface area contributed by atoms with E-state index < -0.39 is 0 Å². The van der Waals surface area contributed by atoms with E-state index in [1.165, 1.54) is 12.0 Å². The molecule has 3 aromatic rings. The van der Waals surface area contributed by atoms with Gasteiger partial charge in [-0.2, -0.15) is 0 Å². The molecule has 1 saturated heterocycles. The van der Waals surface area contributed by atoms with Crippen LogP contribution in [0.3, 0.4) is 0 Å². The summed E-state index contributed by atoms with van der Waals surface area (Å²) in [7, 11) is 0. The van der Waals surface area contributed by atoms with Crippen molar-refractivity contribution in [3.63, 3.8) is 0 Å². The van der Waals surface area contributed by atoms with Crippen LogP contribution in [-0.4, -0.2) is 31.0 Å². The number of imidazole rings is 1. The Morgan fingerprint density at radius 3 is 2.88 bits per heavy atom. The van der Waals surface area contributed by atoms with Crippen LogP contribution in [0.4, 0.5) is 0 Å². The zero-order chi connectivity index (χ0) is 17.9. The van der Waals surface area contributed by atoms with E-state index in [0.717, 1.165) is 36.8 Å². The van der Waals surface area contributed by atoms with Crippen molar-refractivity contribution in [1.29, 1.82) is 0 Å². The van der Waals surface area contributed by atoms with E-state index in [0.29, 0.717) is 12.0 Å². The maximum atomic E-state index is 5.00. The molecule has 1 unspecified atom stereocenters. The Labute approximate surface area is 154 Å². The third-order valence-electron chi connectivity index (χ3n) is 5.00. The minimum absolute atomic E-state index is 0.362. The molecule has 0 aliphatic carbocycles. The van der Waals surface area contributed by atoms with E-state index in [1.807, 2.05) is 30.9 Å². The predicted octanol–water partition coefficient (Wildman–Crippen LogP) is 4.12. The first-order valence-electron chi connectivity index (χ1n) is 9.36. The van der Waals surface area contributed by atoms with Crippen LogP contribution in [0.1, 0.15) is 55.7 Å². The number of hydrogen-bond donors (Lipinski definition) is 0. The van der Waals surface area contributed by atoms with Crippen LogP contribution in [0, 0.1) is 0 Å². The zero-order valence-electron chi connectivity index (χ0n) is 15.4. The molecule has 26 heavy (non-hydrogen) atoms. The second kappa shape index (κ2) is 7.38. The maximum absolute atomic E-state index is 5.00. The van der Waals surface area contributed by atoms with Crippen molar-refractivity contribution in [2.45, 2.75) is 45.2 Å². The molecule has 1 atom stereocenters. The van der Waals surface area contributed by atoms with Crippen LogP contribution in [0.2, 0.25) is 0 Å². The summed E-state index contributed by atoms with van der Waals surface area (Å²) in [5.41, 5.74) is 2.40. The van der Waals surface area contributed by atoms with Crippen LogP contribution in [0.5, 0.6) is 0 Å². The third-order valence-corrected chi connectivity index (χ3v) is 5.00. The molecule has 5 nitrogen and oxygen atoms in total. The first kappa shape index (κ1) is 16.9. The van der Waals surface area contributed by atoms with Crippen LogP contribution < -0.4 is 0 Å². The Hall–Kier alpha value is -2.53. The molecule has 0 amide bonds. The summed E-state index contributed by atoms with van der Waals surface area (Å²) in [5, 5.41) is 0. The highest BCUT2D eigenvalue weighted by Crippen LogP contribution is 2.32. The molecular weight excluding hydrogens is 322 g/mol. The summed E-state index contributed by atoms with van der Waals surface area (Å²) in [6.07, 6.45) is 10.0. The predicted molar refractivity (Wildman–Crippen MR) is 102 cm³/mol. The van der Waals surface area contributed by atoms with Gasteiger partial charge in [-0.3, -0.25) is 14.5 Å². The maximum Gasteiger partial charge on any atom is 0.138 e. The van der Waals surface area contributed by atoms with Gasteiger partial charge >= 0.3 is 0 Å². The van der Waals surface area contributed by atoms with E-state index in [1.54, 1.807) is 0 Å². The Bertz CT molecular complexity index is 856. The minimum atomic E-state index is 0.362. The monoisotopic (exact) mass is 347 g/mol. The van der Waals surface area contributed by atoms with Gasteiger partial charge in [-0.1, -0.05) is 26.0 Å². The minimum Gasteiger partial charge on any atom is -0.290 e. The van der Waals surface area contributed by atoms with E-state index in [4.69, 9.17) is 4.98 Å². The summed E-state index contributed by atoms with van der Waals surface area (Å²) >= 11 is 0. The molecule has 0 spiro atoms. The Kier molecular flexibility index (Phi) is 4.80. The highest BCUT2D eigenvalue weighted by Gasteiger charge is 2.27. The number of aromatic nitrogens is 4. The molecule has 1 aliphatic rings. The van der Waals surface area contributed by atoms with Crippen molar-refractivity contribution in [2.24, 2.45) is 0 Å². The highest BCUT2D eigenvalue weighted by atomic mass is 15.2.